The summed E-state index contributed by atoms with van der Waals surface area (Å²) in [7, 11) is 0. The largest absolute Gasteiger partial charge is 0.508 e. The van der Waals surface area contributed by atoms with Crippen LogP contribution >= 0.6 is 0 Å². The molecule has 0 aromatic heterocycles. The van der Waals surface area contributed by atoms with Crippen molar-refractivity contribution in [3.8, 4) is 5.75 Å². The van der Waals surface area contributed by atoms with Gasteiger partial charge in [-0.1, -0.05) is 0 Å². The summed E-state index contributed by atoms with van der Waals surface area (Å²) in [6.07, 6.45) is 0.708. The topological polar surface area (TPSA) is 103 Å². The molecule has 6 heteroatoms. The quantitative estimate of drug-likeness (QED) is 0.255. The third kappa shape index (κ3) is 3.40. The molecule has 0 heterocycles. The van der Waals surface area contributed by atoms with E-state index < -0.39 is 6.29 Å². The number of aromatic hydroxyl groups is 1. The van der Waals surface area contributed by atoms with E-state index in [9.17, 15) is 0 Å². The first-order valence-electron chi connectivity index (χ1n) is 3.95. The van der Waals surface area contributed by atoms with Crippen LogP contribution in [0.2, 0.25) is 0 Å². The van der Waals surface area contributed by atoms with Gasteiger partial charge in [-0.05, 0) is 29.8 Å². The summed E-state index contributed by atoms with van der Waals surface area (Å²) in [5.74, 6) is 0.198. The average molecular weight is 196 g/mol. The van der Waals surface area contributed by atoms with E-state index in [0.717, 1.165) is 5.56 Å². The van der Waals surface area contributed by atoms with E-state index in [1.165, 1.54) is 6.21 Å². The normalized spacial score (nSPS) is 13.0. The van der Waals surface area contributed by atoms with Crippen LogP contribution in [-0.4, -0.2) is 22.8 Å². The highest BCUT2D eigenvalue weighted by Crippen LogP contribution is 2.07. The molecule has 0 saturated heterocycles. The highest BCUT2D eigenvalue weighted by Gasteiger charge is 1.92. The van der Waals surface area contributed by atoms with Crippen molar-refractivity contribution < 1.29 is 10.3 Å². The number of phenols is 1. The summed E-state index contributed by atoms with van der Waals surface area (Å²) in [5, 5.41) is 21.0. The second kappa shape index (κ2) is 5.18. The zero-order valence-corrected chi connectivity index (χ0v) is 7.38. The molecule has 1 unspecified atom stereocenters. The van der Waals surface area contributed by atoms with E-state index in [-0.39, 0.29) is 5.75 Å². The number of hydrazone groups is 1. The molecule has 1 aromatic rings. The first kappa shape index (κ1) is 10.5. The van der Waals surface area contributed by atoms with Gasteiger partial charge < -0.3 is 10.3 Å². The number of hydroxylamine groups is 1. The fourth-order valence-electron chi connectivity index (χ4n) is 0.781. The Morgan fingerprint density at radius 1 is 1.36 bits per heavy atom. The fraction of sp³-hybridized carbons (Fsp3) is 0.125. The summed E-state index contributed by atoms with van der Waals surface area (Å²) in [5.41, 5.74) is 10.2. The van der Waals surface area contributed by atoms with Crippen LogP contribution in [0.5, 0.6) is 5.75 Å². The van der Waals surface area contributed by atoms with Crippen molar-refractivity contribution >= 4 is 6.21 Å². The van der Waals surface area contributed by atoms with E-state index in [0.29, 0.717) is 0 Å². The van der Waals surface area contributed by atoms with Crippen molar-refractivity contribution in [1.29, 1.82) is 0 Å². The summed E-state index contributed by atoms with van der Waals surface area (Å²) in [6, 6.07) is 6.48. The van der Waals surface area contributed by atoms with Crippen molar-refractivity contribution in [1.82, 2.24) is 10.9 Å². The van der Waals surface area contributed by atoms with E-state index in [1.807, 2.05) is 0 Å². The lowest BCUT2D eigenvalue weighted by molar-refractivity contribution is 0.113. The number of nitrogens with one attached hydrogen (secondary N) is 2. The SMILES string of the molecule is NC(NO)N/N=C/c1ccc(O)cc1. The van der Waals surface area contributed by atoms with Gasteiger partial charge in [0.25, 0.3) is 0 Å². The Bertz CT molecular complexity index is 299. The number of benzene rings is 1. The maximum absolute atomic E-state index is 8.99. The highest BCUT2D eigenvalue weighted by molar-refractivity contribution is 5.79. The van der Waals surface area contributed by atoms with Gasteiger partial charge in [0.2, 0.25) is 0 Å². The first-order chi connectivity index (χ1) is 6.72. The number of rotatable bonds is 4. The zero-order chi connectivity index (χ0) is 10.4. The molecule has 0 aliphatic heterocycles. The van der Waals surface area contributed by atoms with Crippen molar-refractivity contribution in [3.63, 3.8) is 0 Å². The molecule has 6 nitrogen and oxygen atoms in total. The van der Waals surface area contributed by atoms with Gasteiger partial charge in [0.1, 0.15) is 5.75 Å². The molecule has 1 atom stereocenters. The fourth-order valence-corrected chi connectivity index (χ4v) is 0.781. The molecular weight excluding hydrogens is 184 g/mol. The van der Waals surface area contributed by atoms with E-state index in [2.05, 4.69) is 10.5 Å². The maximum Gasteiger partial charge on any atom is 0.166 e. The Hall–Kier alpha value is -1.63. The number of hydrogen-bond donors (Lipinski definition) is 5. The second-order valence-corrected chi connectivity index (χ2v) is 2.59. The minimum atomic E-state index is -0.802. The van der Waals surface area contributed by atoms with Crippen LogP contribution in [0, 0.1) is 0 Å². The molecule has 0 aliphatic carbocycles. The second-order valence-electron chi connectivity index (χ2n) is 2.59. The van der Waals surface area contributed by atoms with Gasteiger partial charge in [-0.2, -0.15) is 10.6 Å². The predicted molar refractivity (Wildman–Crippen MR) is 51.7 cm³/mol. The van der Waals surface area contributed by atoms with Crippen LogP contribution in [0.4, 0.5) is 0 Å². The van der Waals surface area contributed by atoms with E-state index in [1.54, 1.807) is 29.7 Å². The minimum Gasteiger partial charge on any atom is -0.508 e. The summed E-state index contributed by atoms with van der Waals surface area (Å²) >= 11 is 0. The Kier molecular flexibility index (Phi) is 3.86. The molecule has 0 aliphatic rings. The van der Waals surface area contributed by atoms with Crippen molar-refractivity contribution in [2.75, 3.05) is 0 Å². The van der Waals surface area contributed by atoms with Gasteiger partial charge in [0.15, 0.2) is 6.29 Å². The Morgan fingerprint density at radius 2 is 2.00 bits per heavy atom. The van der Waals surface area contributed by atoms with Crippen molar-refractivity contribution in [3.05, 3.63) is 29.8 Å². The molecule has 6 N–H and O–H groups in total. The number of phenolic OH excluding ortho intramolecular Hbond substituents is 1. The Morgan fingerprint density at radius 3 is 2.57 bits per heavy atom. The average Bonchev–Trinajstić information content (AvgIpc) is 2.21. The maximum atomic E-state index is 8.99. The summed E-state index contributed by atoms with van der Waals surface area (Å²) < 4.78 is 0. The van der Waals surface area contributed by atoms with Crippen LogP contribution in [0.25, 0.3) is 0 Å². The van der Waals surface area contributed by atoms with Gasteiger partial charge in [0, 0.05) is 0 Å². The van der Waals surface area contributed by atoms with Crippen molar-refractivity contribution in [2.24, 2.45) is 10.8 Å². The highest BCUT2D eigenvalue weighted by atomic mass is 16.5. The molecule has 0 spiro atoms. The van der Waals surface area contributed by atoms with Crippen LogP contribution < -0.4 is 16.6 Å². The Labute approximate surface area is 81.0 Å². The molecule has 1 aromatic carbocycles. The molecule has 0 amide bonds. The third-order valence-electron chi connectivity index (χ3n) is 1.46. The lowest BCUT2D eigenvalue weighted by Gasteiger charge is -2.06. The van der Waals surface area contributed by atoms with Gasteiger partial charge >= 0.3 is 0 Å². The number of hydrogen-bond acceptors (Lipinski definition) is 6. The van der Waals surface area contributed by atoms with Gasteiger partial charge in [-0.15, -0.1) is 0 Å². The molecule has 1 rings (SSSR count). The predicted octanol–water partition coefficient (Wildman–Crippen LogP) is -0.463. The molecule has 14 heavy (non-hydrogen) atoms. The van der Waals surface area contributed by atoms with Gasteiger partial charge in [-0.3, -0.25) is 11.2 Å². The smallest absolute Gasteiger partial charge is 0.166 e. The molecule has 0 bridgehead atoms. The number of nitrogens with two attached hydrogens (primary N) is 1. The Balaban J connectivity index is 2.48. The lowest BCUT2D eigenvalue weighted by atomic mass is 10.2. The van der Waals surface area contributed by atoms with E-state index in [4.69, 9.17) is 16.0 Å². The van der Waals surface area contributed by atoms with Crippen LogP contribution in [-0.2, 0) is 0 Å². The van der Waals surface area contributed by atoms with Gasteiger partial charge in [0.05, 0.1) is 6.21 Å². The molecular formula is C8H12N4O2. The van der Waals surface area contributed by atoms with Crippen LogP contribution in [0.1, 0.15) is 5.56 Å². The minimum absolute atomic E-state index is 0.198. The molecule has 76 valence electrons. The summed E-state index contributed by atoms with van der Waals surface area (Å²) in [6.45, 7) is 0. The first-order valence-corrected chi connectivity index (χ1v) is 3.95. The van der Waals surface area contributed by atoms with Crippen LogP contribution in [0.15, 0.2) is 29.4 Å². The summed E-state index contributed by atoms with van der Waals surface area (Å²) in [4.78, 5) is 0. The van der Waals surface area contributed by atoms with Crippen LogP contribution in [0.3, 0.4) is 0 Å². The number of nitrogens with zero attached hydrogens (tertiary/aromatic N) is 1. The van der Waals surface area contributed by atoms with Gasteiger partial charge in [-0.25, -0.2) is 0 Å². The standard InChI is InChI=1S/C8H12N4O2/c9-8(12-14)11-10-5-6-1-3-7(13)4-2-6/h1-5,8,11-14H,9H2/b10-5+. The molecule has 0 saturated carbocycles. The van der Waals surface area contributed by atoms with E-state index >= 15 is 0 Å². The third-order valence-corrected chi connectivity index (χ3v) is 1.46. The molecule has 0 fully saturated rings. The van der Waals surface area contributed by atoms with Crippen molar-refractivity contribution in [2.45, 2.75) is 6.29 Å². The molecule has 0 radical (unpaired) electrons. The monoisotopic (exact) mass is 196 g/mol. The lowest BCUT2D eigenvalue weighted by Crippen LogP contribution is -2.45. The zero-order valence-electron chi connectivity index (χ0n) is 7.38.